The summed E-state index contributed by atoms with van der Waals surface area (Å²) in [7, 11) is 1.65. The molecule has 0 N–H and O–H groups in total. The topological polar surface area (TPSA) is 18.5 Å². The molecular weight excluding hydrogens is 164 g/mol. The Morgan fingerprint density at radius 1 is 1.23 bits per heavy atom. The minimum atomic E-state index is 0.823. The van der Waals surface area contributed by atoms with Crippen molar-refractivity contribution in [2.75, 3.05) is 7.11 Å². The van der Waals surface area contributed by atoms with E-state index >= 15 is 0 Å². The molecule has 2 rings (SSSR count). The van der Waals surface area contributed by atoms with Crippen LogP contribution in [0.4, 0.5) is 0 Å². The van der Waals surface area contributed by atoms with Crippen molar-refractivity contribution in [1.82, 2.24) is 0 Å². The Morgan fingerprint density at radius 3 is 2.92 bits per heavy atom. The van der Waals surface area contributed by atoms with Crippen LogP contribution < -0.4 is 4.74 Å². The largest absolute Gasteiger partial charge is 0.496 e. The fourth-order valence-corrected chi connectivity index (χ4v) is 1.28. The third-order valence-electron chi connectivity index (χ3n) is 1.89. The molecule has 0 fully saturated rings. The molecule has 0 spiro atoms. The molecule has 1 aromatic rings. The van der Waals surface area contributed by atoms with Gasteiger partial charge in [-0.15, -0.1) is 0 Å². The van der Waals surface area contributed by atoms with Gasteiger partial charge in [-0.1, -0.05) is 12.1 Å². The number of rotatable bonds is 1. The molecule has 0 saturated heterocycles. The van der Waals surface area contributed by atoms with Crippen molar-refractivity contribution < 1.29 is 9.47 Å². The number of benzene rings is 1. The number of hydrogen-bond acceptors (Lipinski definition) is 2. The number of fused-ring (bicyclic) bond motifs is 1. The highest BCUT2D eigenvalue weighted by atomic mass is 16.5. The Kier molecular flexibility index (Phi) is 2.04. The SMILES string of the molecule is COC1=CC=COc2ccccc21. The number of allylic oxidation sites excluding steroid dienone is 2. The lowest BCUT2D eigenvalue weighted by Crippen LogP contribution is -1.89. The van der Waals surface area contributed by atoms with Gasteiger partial charge in [0.05, 0.1) is 18.9 Å². The molecule has 0 radical (unpaired) electrons. The van der Waals surface area contributed by atoms with Crippen LogP contribution in [0.15, 0.2) is 42.7 Å². The van der Waals surface area contributed by atoms with Crippen LogP contribution in [0.5, 0.6) is 5.75 Å². The van der Waals surface area contributed by atoms with Gasteiger partial charge in [-0.2, -0.15) is 0 Å². The summed E-state index contributed by atoms with van der Waals surface area (Å²) in [4.78, 5) is 0. The molecule has 0 saturated carbocycles. The summed E-state index contributed by atoms with van der Waals surface area (Å²) in [5.74, 6) is 1.65. The molecule has 1 heterocycles. The molecule has 2 heteroatoms. The summed E-state index contributed by atoms with van der Waals surface area (Å²) >= 11 is 0. The Labute approximate surface area is 77.1 Å². The lowest BCUT2D eigenvalue weighted by molar-refractivity contribution is 0.368. The van der Waals surface area contributed by atoms with Crippen LogP contribution in [-0.4, -0.2) is 7.11 Å². The molecule has 0 unspecified atom stereocenters. The van der Waals surface area contributed by atoms with Gasteiger partial charge >= 0.3 is 0 Å². The van der Waals surface area contributed by atoms with Gasteiger partial charge in [0.1, 0.15) is 11.5 Å². The second-order valence-corrected chi connectivity index (χ2v) is 2.68. The van der Waals surface area contributed by atoms with Gasteiger partial charge in [0, 0.05) is 0 Å². The van der Waals surface area contributed by atoms with Crippen molar-refractivity contribution in [1.29, 1.82) is 0 Å². The smallest absolute Gasteiger partial charge is 0.137 e. The summed E-state index contributed by atoms with van der Waals surface area (Å²) in [5.41, 5.74) is 0.981. The van der Waals surface area contributed by atoms with Crippen LogP contribution in [0.2, 0.25) is 0 Å². The van der Waals surface area contributed by atoms with Crippen molar-refractivity contribution in [3.8, 4) is 5.75 Å². The van der Waals surface area contributed by atoms with E-state index in [0.717, 1.165) is 17.1 Å². The first-order valence-corrected chi connectivity index (χ1v) is 4.08. The van der Waals surface area contributed by atoms with Crippen molar-refractivity contribution in [3.63, 3.8) is 0 Å². The van der Waals surface area contributed by atoms with Gasteiger partial charge in [-0.05, 0) is 24.3 Å². The van der Waals surface area contributed by atoms with E-state index in [2.05, 4.69) is 0 Å². The normalized spacial score (nSPS) is 13.8. The maximum atomic E-state index is 5.37. The molecule has 1 aliphatic heterocycles. The van der Waals surface area contributed by atoms with Crippen LogP contribution >= 0.6 is 0 Å². The first-order valence-electron chi connectivity index (χ1n) is 4.08. The first kappa shape index (κ1) is 7.92. The summed E-state index contributed by atoms with van der Waals surface area (Å²) in [6.45, 7) is 0. The lowest BCUT2D eigenvalue weighted by atomic mass is 10.1. The molecule has 1 aliphatic rings. The average Bonchev–Trinajstić information content (AvgIpc) is 2.39. The number of para-hydroxylation sites is 1. The van der Waals surface area contributed by atoms with E-state index in [9.17, 15) is 0 Å². The molecule has 66 valence electrons. The van der Waals surface area contributed by atoms with E-state index in [1.807, 2.05) is 36.4 Å². The van der Waals surface area contributed by atoms with Crippen molar-refractivity contribution >= 4 is 5.76 Å². The first-order chi connectivity index (χ1) is 6.42. The zero-order valence-corrected chi connectivity index (χ0v) is 7.36. The maximum Gasteiger partial charge on any atom is 0.137 e. The third kappa shape index (κ3) is 1.43. The molecule has 0 bridgehead atoms. The highest BCUT2D eigenvalue weighted by Crippen LogP contribution is 2.28. The van der Waals surface area contributed by atoms with Crippen LogP contribution in [0.25, 0.3) is 5.76 Å². The predicted octanol–water partition coefficient (Wildman–Crippen LogP) is 2.58. The Morgan fingerprint density at radius 2 is 2.08 bits per heavy atom. The second-order valence-electron chi connectivity index (χ2n) is 2.68. The Bertz CT molecular complexity index is 364. The average molecular weight is 174 g/mol. The van der Waals surface area contributed by atoms with Gasteiger partial charge < -0.3 is 9.47 Å². The van der Waals surface area contributed by atoms with E-state index in [-0.39, 0.29) is 0 Å². The molecule has 2 nitrogen and oxygen atoms in total. The van der Waals surface area contributed by atoms with Crippen molar-refractivity contribution in [2.24, 2.45) is 0 Å². The van der Waals surface area contributed by atoms with Crippen LogP contribution in [0.1, 0.15) is 5.56 Å². The number of hydrogen-bond donors (Lipinski definition) is 0. The zero-order chi connectivity index (χ0) is 9.10. The summed E-state index contributed by atoms with van der Waals surface area (Å²) < 4.78 is 10.6. The Hall–Kier alpha value is -1.70. The molecule has 0 aromatic heterocycles. The second kappa shape index (κ2) is 3.35. The van der Waals surface area contributed by atoms with Crippen molar-refractivity contribution in [2.45, 2.75) is 0 Å². The minimum absolute atomic E-state index is 0.823. The standard InChI is InChI=1S/C11H10O2/c1-12-10-7-4-8-13-11-6-3-2-5-9(10)11/h2-8H,1H3. The van der Waals surface area contributed by atoms with Gasteiger partial charge in [0.2, 0.25) is 0 Å². The zero-order valence-electron chi connectivity index (χ0n) is 7.36. The summed E-state index contributed by atoms with van der Waals surface area (Å²) in [6.07, 6.45) is 5.34. The van der Waals surface area contributed by atoms with E-state index in [4.69, 9.17) is 9.47 Å². The van der Waals surface area contributed by atoms with E-state index in [1.54, 1.807) is 13.4 Å². The highest BCUT2D eigenvalue weighted by Gasteiger charge is 2.08. The summed E-state index contributed by atoms with van der Waals surface area (Å²) in [5, 5.41) is 0. The monoisotopic (exact) mass is 174 g/mol. The van der Waals surface area contributed by atoms with Gasteiger partial charge in [0.15, 0.2) is 0 Å². The third-order valence-corrected chi connectivity index (χ3v) is 1.89. The molecule has 1 aromatic carbocycles. The van der Waals surface area contributed by atoms with E-state index in [1.165, 1.54) is 0 Å². The van der Waals surface area contributed by atoms with Crippen molar-refractivity contribution in [3.05, 3.63) is 48.2 Å². The van der Waals surface area contributed by atoms with Gasteiger partial charge in [0.25, 0.3) is 0 Å². The van der Waals surface area contributed by atoms with Crippen LogP contribution in [-0.2, 0) is 4.74 Å². The predicted molar refractivity (Wildman–Crippen MR) is 51.2 cm³/mol. The van der Waals surface area contributed by atoms with E-state index in [0.29, 0.717) is 0 Å². The van der Waals surface area contributed by atoms with Gasteiger partial charge in [-0.3, -0.25) is 0 Å². The number of ether oxygens (including phenoxy) is 2. The molecule has 0 atom stereocenters. The molecule has 0 amide bonds. The molecule has 0 aliphatic carbocycles. The fourth-order valence-electron chi connectivity index (χ4n) is 1.28. The fraction of sp³-hybridized carbons (Fsp3) is 0.0909. The maximum absolute atomic E-state index is 5.37. The highest BCUT2D eigenvalue weighted by molar-refractivity contribution is 5.67. The molecular formula is C11H10O2. The number of methoxy groups -OCH3 is 1. The lowest BCUT2D eigenvalue weighted by Gasteiger charge is -2.07. The van der Waals surface area contributed by atoms with Crippen LogP contribution in [0, 0.1) is 0 Å². The molecule has 13 heavy (non-hydrogen) atoms. The minimum Gasteiger partial charge on any atom is -0.496 e. The Balaban J connectivity index is 2.53. The summed E-state index contributed by atoms with van der Waals surface area (Å²) in [6, 6.07) is 7.78. The quantitative estimate of drug-likeness (QED) is 0.651. The van der Waals surface area contributed by atoms with E-state index < -0.39 is 0 Å². The van der Waals surface area contributed by atoms with Gasteiger partial charge in [-0.25, -0.2) is 0 Å². The van der Waals surface area contributed by atoms with Crippen LogP contribution in [0.3, 0.4) is 0 Å².